The van der Waals surface area contributed by atoms with Gasteiger partial charge in [0.15, 0.2) is 0 Å². The molecule has 28 heavy (non-hydrogen) atoms. The number of nitrogens with one attached hydrogen (secondary N) is 1. The van der Waals surface area contributed by atoms with E-state index in [1.807, 2.05) is 45.9 Å². The van der Waals surface area contributed by atoms with E-state index in [-0.39, 0.29) is 11.5 Å². The molecule has 0 aliphatic heterocycles. The Morgan fingerprint density at radius 1 is 1.14 bits per heavy atom. The molecule has 150 valence electrons. The molecule has 1 aromatic heterocycles. The molecular formula is C22H28N2O4. The molecule has 0 saturated carbocycles. The Morgan fingerprint density at radius 3 is 2.32 bits per heavy atom. The van der Waals surface area contributed by atoms with Gasteiger partial charge in [-0.25, -0.2) is 4.79 Å². The van der Waals surface area contributed by atoms with Crippen LogP contribution in [-0.4, -0.2) is 29.6 Å². The van der Waals surface area contributed by atoms with Gasteiger partial charge in [0, 0.05) is 26.1 Å². The molecule has 0 bridgehead atoms. The van der Waals surface area contributed by atoms with Crippen LogP contribution in [0.4, 0.5) is 0 Å². The lowest BCUT2D eigenvalue weighted by Crippen LogP contribution is -2.42. The van der Waals surface area contributed by atoms with Crippen LogP contribution in [0.2, 0.25) is 0 Å². The summed E-state index contributed by atoms with van der Waals surface area (Å²) in [5.74, 6) is -0.784. The number of nitrogens with zero attached hydrogens (tertiary/aromatic N) is 1. The Kier molecular flexibility index (Phi) is 6.44. The summed E-state index contributed by atoms with van der Waals surface area (Å²) in [6.07, 6.45) is 0.317. The van der Waals surface area contributed by atoms with Crippen LogP contribution in [0.15, 0.2) is 23.0 Å². The largest absolute Gasteiger partial charge is 0.467 e. The van der Waals surface area contributed by atoms with Crippen LogP contribution in [0.3, 0.4) is 0 Å². The number of esters is 1. The third-order valence-electron chi connectivity index (χ3n) is 5.36. The van der Waals surface area contributed by atoms with Crippen LogP contribution in [-0.2, 0) is 27.8 Å². The van der Waals surface area contributed by atoms with Crippen molar-refractivity contribution in [3.05, 3.63) is 56.5 Å². The van der Waals surface area contributed by atoms with Gasteiger partial charge in [0.1, 0.15) is 6.04 Å². The van der Waals surface area contributed by atoms with Gasteiger partial charge in [0.05, 0.1) is 12.7 Å². The summed E-state index contributed by atoms with van der Waals surface area (Å²) in [6.45, 7) is 9.24. The second kappa shape index (κ2) is 8.42. The molecule has 6 nitrogen and oxygen atoms in total. The fraction of sp³-hybridized carbons (Fsp3) is 0.409. The van der Waals surface area contributed by atoms with Crippen molar-refractivity contribution in [1.29, 1.82) is 0 Å². The van der Waals surface area contributed by atoms with Crippen molar-refractivity contribution in [3.8, 4) is 11.1 Å². The molecule has 0 radical (unpaired) electrons. The average molecular weight is 384 g/mol. The van der Waals surface area contributed by atoms with E-state index in [1.54, 1.807) is 11.6 Å². The van der Waals surface area contributed by atoms with Crippen molar-refractivity contribution in [2.45, 2.75) is 47.1 Å². The number of methoxy groups -OCH3 is 1. The lowest BCUT2D eigenvalue weighted by Gasteiger charge is -2.18. The van der Waals surface area contributed by atoms with Crippen molar-refractivity contribution in [3.63, 3.8) is 0 Å². The van der Waals surface area contributed by atoms with Gasteiger partial charge in [-0.3, -0.25) is 9.59 Å². The summed E-state index contributed by atoms with van der Waals surface area (Å²) in [7, 11) is 3.08. The van der Waals surface area contributed by atoms with Crippen molar-refractivity contribution < 1.29 is 14.3 Å². The van der Waals surface area contributed by atoms with Crippen molar-refractivity contribution in [2.24, 2.45) is 7.05 Å². The average Bonchev–Trinajstić information content (AvgIpc) is 2.65. The van der Waals surface area contributed by atoms with Crippen molar-refractivity contribution >= 4 is 11.9 Å². The van der Waals surface area contributed by atoms with Crippen molar-refractivity contribution in [1.82, 2.24) is 9.88 Å². The quantitative estimate of drug-likeness (QED) is 0.804. The first-order chi connectivity index (χ1) is 13.1. The van der Waals surface area contributed by atoms with Gasteiger partial charge in [-0.2, -0.15) is 0 Å². The fourth-order valence-electron chi connectivity index (χ4n) is 3.46. The molecule has 1 N–H and O–H groups in total. The maximum absolute atomic E-state index is 12.9. The number of hydrogen-bond acceptors (Lipinski definition) is 4. The van der Waals surface area contributed by atoms with E-state index in [1.165, 1.54) is 14.0 Å². The third-order valence-corrected chi connectivity index (χ3v) is 5.36. The summed E-state index contributed by atoms with van der Waals surface area (Å²) in [6, 6.07) is 4.99. The van der Waals surface area contributed by atoms with E-state index in [9.17, 15) is 14.4 Å². The van der Waals surface area contributed by atoms with E-state index in [0.717, 1.165) is 33.5 Å². The van der Waals surface area contributed by atoms with E-state index < -0.39 is 12.0 Å². The fourth-order valence-corrected chi connectivity index (χ4v) is 3.46. The zero-order valence-corrected chi connectivity index (χ0v) is 17.6. The van der Waals surface area contributed by atoms with E-state index in [2.05, 4.69) is 5.32 Å². The molecule has 6 heteroatoms. The molecule has 0 aliphatic rings. The number of aryl methyl sites for hydroxylation is 1. The number of ether oxygens (including phenoxy) is 1. The second-order valence-corrected chi connectivity index (χ2v) is 7.20. The van der Waals surface area contributed by atoms with Crippen LogP contribution in [0, 0.1) is 27.7 Å². The number of carbonyl (C=O) groups excluding carboxylic acids is 2. The zero-order chi connectivity index (χ0) is 21.2. The molecule has 0 fully saturated rings. The highest BCUT2D eigenvalue weighted by Crippen LogP contribution is 2.27. The highest BCUT2D eigenvalue weighted by atomic mass is 16.5. The molecule has 1 aromatic carbocycles. The molecule has 2 rings (SSSR count). The summed E-state index contributed by atoms with van der Waals surface area (Å²) in [4.78, 5) is 36.2. The summed E-state index contributed by atoms with van der Waals surface area (Å²) >= 11 is 0. The SMILES string of the molecule is COC(=O)C(Cc1ccc(-c2c(C)c(C)c(C)n(C)c2=O)c(C)c1)NC(C)=O. The number of aromatic nitrogens is 1. The van der Waals surface area contributed by atoms with Gasteiger partial charge in [0.25, 0.3) is 5.56 Å². The second-order valence-electron chi connectivity index (χ2n) is 7.20. The molecule has 0 saturated heterocycles. The normalized spacial score (nSPS) is 11.8. The Balaban J connectivity index is 2.47. The molecule has 0 aliphatic carbocycles. The monoisotopic (exact) mass is 384 g/mol. The molecule has 1 heterocycles. The maximum atomic E-state index is 12.9. The molecule has 2 aromatic rings. The molecule has 1 atom stereocenters. The molecular weight excluding hydrogens is 356 g/mol. The Morgan fingerprint density at radius 2 is 1.79 bits per heavy atom. The summed E-state index contributed by atoms with van der Waals surface area (Å²) in [5.41, 5.74) is 6.38. The molecule has 0 spiro atoms. The number of hydrogen-bond donors (Lipinski definition) is 1. The van der Waals surface area contributed by atoms with Crippen LogP contribution >= 0.6 is 0 Å². The minimum Gasteiger partial charge on any atom is -0.467 e. The number of pyridine rings is 1. The highest BCUT2D eigenvalue weighted by molar-refractivity contribution is 5.83. The smallest absolute Gasteiger partial charge is 0.328 e. The van der Waals surface area contributed by atoms with E-state index in [0.29, 0.717) is 12.0 Å². The number of benzene rings is 1. The van der Waals surface area contributed by atoms with Gasteiger partial charge in [-0.15, -0.1) is 0 Å². The Labute approximate surface area is 165 Å². The predicted octanol–water partition coefficient (Wildman–Crippen LogP) is 2.51. The van der Waals surface area contributed by atoms with Gasteiger partial charge in [-0.05, 0) is 55.5 Å². The first-order valence-electron chi connectivity index (χ1n) is 9.20. The lowest BCUT2D eigenvalue weighted by molar-refractivity contribution is -0.144. The summed E-state index contributed by atoms with van der Waals surface area (Å²) in [5, 5.41) is 2.62. The minimum atomic E-state index is -0.746. The van der Waals surface area contributed by atoms with Gasteiger partial charge in [0.2, 0.25) is 5.91 Å². The van der Waals surface area contributed by atoms with Crippen LogP contribution in [0.1, 0.15) is 34.9 Å². The van der Waals surface area contributed by atoms with Crippen molar-refractivity contribution in [2.75, 3.05) is 7.11 Å². The topological polar surface area (TPSA) is 77.4 Å². The Bertz CT molecular complexity index is 989. The number of rotatable bonds is 5. The first-order valence-corrected chi connectivity index (χ1v) is 9.20. The number of carbonyl (C=O) groups is 2. The Hall–Kier alpha value is -2.89. The first kappa shape index (κ1) is 21.4. The van der Waals surface area contributed by atoms with Crippen LogP contribution in [0.25, 0.3) is 11.1 Å². The third kappa shape index (κ3) is 4.16. The summed E-state index contributed by atoms with van der Waals surface area (Å²) < 4.78 is 6.46. The standard InChI is InChI=1S/C22H28N2O4/c1-12-10-17(11-19(22(27)28-7)23-16(5)25)8-9-18(12)20-14(3)13(2)15(4)24(6)21(20)26/h8-10,19H,11H2,1-7H3,(H,23,25). The van der Waals surface area contributed by atoms with Gasteiger partial charge < -0.3 is 14.6 Å². The van der Waals surface area contributed by atoms with E-state index >= 15 is 0 Å². The van der Waals surface area contributed by atoms with Crippen LogP contribution < -0.4 is 10.9 Å². The van der Waals surface area contributed by atoms with Crippen LogP contribution in [0.5, 0.6) is 0 Å². The van der Waals surface area contributed by atoms with Gasteiger partial charge in [-0.1, -0.05) is 18.2 Å². The maximum Gasteiger partial charge on any atom is 0.328 e. The molecule has 1 amide bonds. The number of amides is 1. The zero-order valence-electron chi connectivity index (χ0n) is 17.6. The molecule has 1 unspecified atom stereocenters. The van der Waals surface area contributed by atoms with Gasteiger partial charge >= 0.3 is 5.97 Å². The predicted molar refractivity (Wildman–Crippen MR) is 109 cm³/mol. The lowest BCUT2D eigenvalue weighted by atomic mass is 9.92. The minimum absolute atomic E-state index is 0.0258. The van der Waals surface area contributed by atoms with E-state index in [4.69, 9.17) is 4.74 Å². The highest BCUT2D eigenvalue weighted by Gasteiger charge is 2.21.